The van der Waals surface area contributed by atoms with Crippen molar-refractivity contribution >= 4 is 17.5 Å². The number of aryl methyl sites for hydroxylation is 1. The molecule has 7 nitrogen and oxygen atoms in total. The second kappa shape index (κ2) is 5.95. The molecule has 0 aliphatic heterocycles. The van der Waals surface area contributed by atoms with Gasteiger partial charge in [-0.25, -0.2) is 9.78 Å². The molecule has 0 saturated heterocycles. The Hall–Kier alpha value is -2.18. The first-order chi connectivity index (χ1) is 8.47. The van der Waals surface area contributed by atoms with Crippen molar-refractivity contribution in [1.29, 1.82) is 0 Å². The zero-order chi connectivity index (χ0) is 13.7. The first kappa shape index (κ1) is 13.9. The molecule has 1 atom stereocenters. The third-order valence-corrected chi connectivity index (χ3v) is 2.30. The van der Waals surface area contributed by atoms with E-state index in [-0.39, 0.29) is 18.1 Å². The Morgan fingerprint density at radius 1 is 1.67 bits per heavy atom. The molecule has 7 heteroatoms. The minimum Gasteiger partial charge on any atom is -0.464 e. The summed E-state index contributed by atoms with van der Waals surface area (Å²) in [5.74, 6) is -0.407. The molecule has 0 amide bonds. The van der Waals surface area contributed by atoms with Gasteiger partial charge in [0.05, 0.1) is 11.5 Å². The number of rotatable bonds is 5. The molecule has 0 radical (unpaired) electrons. The van der Waals surface area contributed by atoms with Gasteiger partial charge in [-0.2, -0.15) is 0 Å². The van der Waals surface area contributed by atoms with Crippen LogP contribution in [0.15, 0.2) is 12.3 Å². The summed E-state index contributed by atoms with van der Waals surface area (Å²) in [6.45, 7) is 5.12. The number of nitro groups is 1. The number of hydrogen-bond acceptors (Lipinski definition) is 6. The molecule has 98 valence electrons. The van der Waals surface area contributed by atoms with Gasteiger partial charge in [0.15, 0.2) is 0 Å². The molecule has 0 bridgehead atoms. The molecule has 0 spiro atoms. The topological polar surface area (TPSA) is 94.4 Å². The van der Waals surface area contributed by atoms with Crippen LogP contribution in [0.5, 0.6) is 0 Å². The zero-order valence-electron chi connectivity index (χ0n) is 10.5. The summed E-state index contributed by atoms with van der Waals surface area (Å²) in [6.07, 6.45) is 1.45. The summed E-state index contributed by atoms with van der Waals surface area (Å²) >= 11 is 0. The van der Waals surface area contributed by atoms with Gasteiger partial charge in [0.1, 0.15) is 6.04 Å². The third kappa shape index (κ3) is 3.16. The van der Waals surface area contributed by atoms with Gasteiger partial charge >= 0.3 is 11.7 Å². The molecule has 1 unspecified atom stereocenters. The smallest absolute Gasteiger partial charge is 0.328 e. The summed E-state index contributed by atoms with van der Waals surface area (Å²) in [7, 11) is 0. The van der Waals surface area contributed by atoms with E-state index in [0.717, 1.165) is 0 Å². The number of esters is 1. The Labute approximate surface area is 104 Å². The Morgan fingerprint density at radius 3 is 2.89 bits per heavy atom. The number of anilines is 1. The lowest BCUT2D eigenvalue weighted by atomic mass is 10.2. The van der Waals surface area contributed by atoms with Crippen LogP contribution in [0.3, 0.4) is 0 Å². The van der Waals surface area contributed by atoms with Gasteiger partial charge in [0.2, 0.25) is 5.82 Å². The Bertz CT molecular complexity index is 462. The first-order valence-corrected chi connectivity index (χ1v) is 5.50. The average molecular weight is 253 g/mol. The largest absolute Gasteiger partial charge is 0.464 e. The van der Waals surface area contributed by atoms with E-state index in [9.17, 15) is 14.9 Å². The number of carbonyl (C=O) groups excluding carboxylic acids is 1. The Kier molecular flexibility index (Phi) is 4.59. The standard InChI is InChI=1S/C11H15N3O4/c1-4-18-11(15)8(3)13-10-9(14(16)17)7(2)5-6-12-10/h5-6,8H,4H2,1-3H3,(H,12,13). The second-order valence-electron chi connectivity index (χ2n) is 3.70. The van der Waals surface area contributed by atoms with E-state index in [0.29, 0.717) is 5.56 Å². The molecular formula is C11H15N3O4. The summed E-state index contributed by atoms with van der Waals surface area (Å²) in [4.78, 5) is 25.7. The minimum atomic E-state index is -0.696. The van der Waals surface area contributed by atoms with Gasteiger partial charge in [0.25, 0.3) is 0 Å². The van der Waals surface area contributed by atoms with Crippen LogP contribution in [0, 0.1) is 17.0 Å². The average Bonchev–Trinajstić information content (AvgIpc) is 2.28. The summed E-state index contributed by atoms with van der Waals surface area (Å²) in [6, 6.07) is 0.844. The number of pyridine rings is 1. The van der Waals surface area contributed by atoms with Crippen molar-refractivity contribution in [1.82, 2.24) is 4.98 Å². The molecule has 0 fully saturated rings. The number of carbonyl (C=O) groups is 1. The minimum absolute atomic E-state index is 0.0700. The van der Waals surface area contributed by atoms with Crippen LogP contribution in [0.2, 0.25) is 0 Å². The van der Waals surface area contributed by atoms with Crippen LogP contribution in [0.4, 0.5) is 11.5 Å². The van der Waals surface area contributed by atoms with E-state index in [1.54, 1.807) is 26.8 Å². The Balaban J connectivity index is 2.94. The van der Waals surface area contributed by atoms with E-state index in [1.165, 1.54) is 6.20 Å². The number of nitrogens with one attached hydrogen (secondary N) is 1. The van der Waals surface area contributed by atoms with Crippen LogP contribution in [0.25, 0.3) is 0 Å². The van der Waals surface area contributed by atoms with Crippen LogP contribution < -0.4 is 5.32 Å². The molecule has 0 aliphatic rings. The van der Waals surface area contributed by atoms with E-state index in [1.807, 2.05) is 0 Å². The van der Waals surface area contributed by atoms with Gasteiger partial charge in [-0.1, -0.05) is 0 Å². The summed E-state index contributed by atoms with van der Waals surface area (Å²) < 4.78 is 4.81. The maximum Gasteiger partial charge on any atom is 0.328 e. The number of nitrogens with zero attached hydrogens (tertiary/aromatic N) is 2. The number of aromatic nitrogens is 1. The second-order valence-corrected chi connectivity index (χ2v) is 3.70. The molecule has 1 rings (SSSR count). The van der Waals surface area contributed by atoms with Crippen molar-refractivity contribution in [3.63, 3.8) is 0 Å². The fourth-order valence-corrected chi connectivity index (χ4v) is 1.42. The van der Waals surface area contributed by atoms with Gasteiger partial charge in [0, 0.05) is 11.8 Å². The van der Waals surface area contributed by atoms with Crippen molar-refractivity contribution in [3.05, 3.63) is 27.9 Å². The molecule has 0 saturated carbocycles. The molecular weight excluding hydrogens is 238 g/mol. The molecule has 1 N–H and O–H groups in total. The molecule has 1 heterocycles. The van der Waals surface area contributed by atoms with E-state index in [2.05, 4.69) is 10.3 Å². The van der Waals surface area contributed by atoms with Crippen molar-refractivity contribution in [2.45, 2.75) is 26.8 Å². The van der Waals surface area contributed by atoms with Crippen molar-refractivity contribution in [2.24, 2.45) is 0 Å². The van der Waals surface area contributed by atoms with Crippen molar-refractivity contribution in [3.8, 4) is 0 Å². The SMILES string of the molecule is CCOC(=O)C(C)Nc1nccc(C)c1[N+](=O)[O-]. The van der Waals surface area contributed by atoms with Gasteiger partial charge in [-0.05, 0) is 26.8 Å². The highest BCUT2D eigenvalue weighted by molar-refractivity contribution is 5.79. The van der Waals surface area contributed by atoms with E-state index in [4.69, 9.17) is 4.74 Å². The highest BCUT2D eigenvalue weighted by Crippen LogP contribution is 2.25. The molecule has 0 aliphatic carbocycles. The normalized spacial score (nSPS) is 11.7. The molecule has 0 aromatic carbocycles. The van der Waals surface area contributed by atoms with Gasteiger partial charge in [-0.3, -0.25) is 10.1 Å². The Morgan fingerprint density at radius 2 is 2.33 bits per heavy atom. The first-order valence-electron chi connectivity index (χ1n) is 5.50. The quantitative estimate of drug-likeness (QED) is 0.487. The zero-order valence-corrected chi connectivity index (χ0v) is 10.5. The maximum absolute atomic E-state index is 11.4. The number of ether oxygens (including phenoxy) is 1. The monoisotopic (exact) mass is 253 g/mol. The number of hydrogen-bond donors (Lipinski definition) is 1. The maximum atomic E-state index is 11.4. The fourth-order valence-electron chi connectivity index (χ4n) is 1.42. The molecule has 1 aromatic heterocycles. The highest BCUT2D eigenvalue weighted by Gasteiger charge is 2.22. The predicted molar refractivity (Wildman–Crippen MR) is 65.3 cm³/mol. The van der Waals surface area contributed by atoms with Crippen molar-refractivity contribution < 1.29 is 14.5 Å². The fraction of sp³-hybridized carbons (Fsp3) is 0.455. The lowest BCUT2D eigenvalue weighted by molar-refractivity contribution is -0.384. The van der Waals surface area contributed by atoms with E-state index < -0.39 is 16.9 Å². The van der Waals surface area contributed by atoms with Crippen LogP contribution in [0.1, 0.15) is 19.4 Å². The summed E-state index contributed by atoms with van der Waals surface area (Å²) in [5.41, 5.74) is 0.349. The van der Waals surface area contributed by atoms with Gasteiger partial charge < -0.3 is 10.1 Å². The molecule has 18 heavy (non-hydrogen) atoms. The van der Waals surface area contributed by atoms with Crippen LogP contribution in [-0.4, -0.2) is 28.5 Å². The molecule has 1 aromatic rings. The van der Waals surface area contributed by atoms with Gasteiger partial charge in [-0.15, -0.1) is 0 Å². The third-order valence-electron chi connectivity index (χ3n) is 2.30. The van der Waals surface area contributed by atoms with Crippen LogP contribution in [-0.2, 0) is 9.53 Å². The predicted octanol–water partition coefficient (Wildman–Crippen LogP) is 1.66. The van der Waals surface area contributed by atoms with E-state index >= 15 is 0 Å². The lowest BCUT2D eigenvalue weighted by Gasteiger charge is -2.13. The van der Waals surface area contributed by atoms with Crippen LogP contribution >= 0.6 is 0 Å². The van der Waals surface area contributed by atoms with Crippen molar-refractivity contribution in [2.75, 3.05) is 11.9 Å². The lowest BCUT2D eigenvalue weighted by Crippen LogP contribution is -2.29. The summed E-state index contributed by atoms with van der Waals surface area (Å²) in [5, 5.41) is 13.6. The highest BCUT2D eigenvalue weighted by atomic mass is 16.6.